The van der Waals surface area contributed by atoms with Crippen LogP contribution in [-0.4, -0.2) is 53.7 Å². The third-order valence-electron chi connectivity index (χ3n) is 6.24. The van der Waals surface area contributed by atoms with Gasteiger partial charge in [0.2, 0.25) is 17.7 Å². The number of amides is 3. The first-order valence-electron chi connectivity index (χ1n) is 10.6. The average Bonchev–Trinajstić information content (AvgIpc) is 2.97. The Bertz CT molecular complexity index is 741. The highest BCUT2D eigenvalue weighted by atomic mass is 35.5. The Hall–Kier alpha value is -1.92. The van der Waals surface area contributed by atoms with Crippen LogP contribution in [0.2, 0.25) is 5.02 Å². The van der Waals surface area contributed by atoms with Gasteiger partial charge in [-0.05, 0) is 37.6 Å². The molecule has 2 fully saturated rings. The number of nitrogens with one attached hydrogen (secondary N) is 1. The predicted octanol–water partition coefficient (Wildman–Crippen LogP) is 3.01. The van der Waals surface area contributed by atoms with Gasteiger partial charge in [-0.2, -0.15) is 0 Å². The SMILES string of the molecule is CCN(CC)C(CNC(=O)CN1C(=O)C2CCCCC2C1=O)c1ccccc1Cl. The number of carbonyl (C=O) groups is 3. The van der Waals surface area contributed by atoms with Crippen molar-refractivity contribution >= 4 is 29.3 Å². The van der Waals surface area contributed by atoms with Crippen LogP contribution in [0, 0.1) is 11.8 Å². The van der Waals surface area contributed by atoms with Gasteiger partial charge in [0.1, 0.15) is 6.54 Å². The van der Waals surface area contributed by atoms with E-state index < -0.39 is 0 Å². The zero-order chi connectivity index (χ0) is 21.0. The maximum atomic E-state index is 12.6. The Labute approximate surface area is 177 Å². The van der Waals surface area contributed by atoms with Gasteiger partial charge in [0.25, 0.3) is 0 Å². The molecule has 0 aromatic heterocycles. The lowest BCUT2D eigenvalue weighted by molar-refractivity contribution is -0.143. The number of carbonyl (C=O) groups excluding carboxylic acids is 3. The molecule has 1 saturated carbocycles. The molecule has 7 heteroatoms. The van der Waals surface area contributed by atoms with Gasteiger partial charge in [-0.1, -0.05) is 56.5 Å². The number of fused-ring (bicyclic) bond motifs is 1. The standard InChI is InChI=1S/C22H30ClN3O3/c1-3-25(4-2)19(17-11-7-8-12-18(17)23)13-24-20(27)14-26-21(28)15-9-5-6-10-16(15)22(26)29/h7-8,11-12,15-16,19H,3-6,9-10,13-14H2,1-2H3,(H,24,27). The van der Waals surface area contributed by atoms with Crippen LogP contribution in [-0.2, 0) is 14.4 Å². The van der Waals surface area contributed by atoms with Gasteiger partial charge in [-0.15, -0.1) is 0 Å². The van der Waals surface area contributed by atoms with E-state index >= 15 is 0 Å². The summed E-state index contributed by atoms with van der Waals surface area (Å²) in [6.45, 7) is 5.94. The average molecular weight is 420 g/mol. The van der Waals surface area contributed by atoms with Crippen LogP contribution in [0.3, 0.4) is 0 Å². The fourth-order valence-corrected chi connectivity index (χ4v) is 4.90. The Balaban J connectivity index is 1.65. The molecular formula is C22H30ClN3O3. The van der Waals surface area contributed by atoms with Crippen LogP contribution >= 0.6 is 11.6 Å². The summed E-state index contributed by atoms with van der Waals surface area (Å²) in [6.07, 6.45) is 3.46. The molecule has 1 aromatic carbocycles. The Morgan fingerprint density at radius 3 is 2.28 bits per heavy atom. The van der Waals surface area contributed by atoms with Crippen LogP contribution in [0.25, 0.3) is 0 Å². The zero-order valence-corrected chi connectivity index (χ0v) is 18.0. The second-order valence-corrected chi connectivity index (χ2v) is 8.23. The van der Waals surface area contributed by atoms with Crippen molar-refractivity contribution in [2.75, 3.05) is 26.2 Å². The third-order valence-corrected chi connectivity index (χ3v) is 6.59. The Morgan fingerprint density at radius 2 is 1.72 bits per heavy atom. The number of benzene rings is 1. The van der Waals surface area contributed by atoms with Gasteiger partial charge in [0, 0.05) is 11.6 Å². The van der Waals surface area contributed by atoms with Crippen molar-refractivity contribution in [3.63, 3.8) is 0 Å². The van der Waals surface area contributed by atoms with Crippen LogP contribution in [0.4, 0.5) is 0 Å². The molecule has 1 heterocycles. The summed E-state index contributed by atoms with van der Waals surface area (Å²) in [7, 11) is 0. The number of nitrogens with zero attached hydrogens (tertiary/aromatic N) is 2. The topological polar surface area (TPSA) is 69.7 Å². The second-order valence-electron chi connectivity index (χ2n) is 7.82. The maximum absolute atomic E-state index is 12.6. The zero-order valence-electron chi connectivity index (χ0n) is 17.2. The Morgan fingerprint density at radius 1 is 1.14 bits per heavy atom. The van der Waals surface area contributed by atoms with E-state index in [4.69, 9.17) is 11.6 Å². The fourth-order valence-electron chi connectivity index (χ4n) is 4.64. The molecule has 0 bridgehead atoms. The second kappa shape index (κ2) is 9.72. The minimum absolute atomic E-state index is 0.0739. The molecule has 3 rings (SSSR count). The lowest BCUT2D eigenvalue weighted by atomic mass is 9.81. The summed E-state index contributed by atoms with van der Waals surface area (Å²) in [6, 6.07) is 7.56. The van der Waals surface area contributed by atoms with Gasteiger partial charge < -0.3 is 5.32 Å². The van der Waals surface area contributed by atoms with Gasteiger partial charge in [0.05, 0.1) is 17.9 Å². The van der Waals surface area contributed by atoms with Gasteiger partial charge in [-0.25, -0.2) is 0 Å². The van der Waals surface area contributed by atoms with E-state index in [1.165, 1.54) is 0 Å². The number of likely N-dealkylation sites (N-methyl/N-ethyl adjacent to an activating group) is 1. The first kappa shape index (κ1) is 21.8. The highest BCUT2D eigenvalue weighted by Crippen LogP contribution is 2.37. The lowest BCUT2D eigenvalue weighted by Gasteiger charge is -2.31. The third kappa shape index (κ3) is 4.64. The highest BCUT2D eigenvalue weighted by Gasteiger charge is 2.48. The summed E-state index contributed by atoms with van der Waals surface area (Å²) in [4.78, 5) is 41.2. The van der Waals surface area contributed by atoms with Crippen molar-refractivity contribution in [1.29, 1.82) is 0 Å². The lowest BCUT2D eigenvalue weighted by Crippen LogP contribution is -2.44. The smallest absolute Gasteiger partial charge is 0.240 e. The van der Waals surface area contributed by atoms with Crippen molar-refractivity contribution in [2.24, 2.45) is 11.8 Å². The largest absolute Gasteiger partial charge is 0.353 e. The molecular weight excluding hydrogens is 390 g/mol. The molecule has 1 aliphatic heterocycles. The molecule has 1 N–H and O–H groups in total. The van der Waals surface area contributed by atoms with E-state index in [9.17, 15) is 14.4 Å². The van der Waals surface area contributed by atoms with Gasteiger partial charge >= 0.3 is 0 Å². The molecule has 2 aliphatic rings. The molecule has 1 saturated heterocycles. The van der Waals surface area contributed by atoms with Crippen LogP contribution in [0.15, 0.2) is 24.3 Å². The summed E-state index contributed by atoms with van der Waals surface area (Å²) in [5, 5.41) is 3.58. The molecule has 0 spiro atoms. The van der Waals surface area contributed by atoms with E-state index in [1.54, 1.807) is 0 Å². The van der Waals surface area contributed by atoms with Crippen LogP contribution in [0.5, 0.6) is 0 Å². The number of likely N-dealkylation sites (tertiary alicyclic amines) is 1. The predicted molar refractivity (Wildman–Crippen MR) is 112 cm³/mol. The number of hydrogen-bond acceptors (Lipinski definition) is 4. The summed E-state index contributed by atoms with van der Waals surface area (Å²) in [5.41, 5.74) is 0.956. The van der Waals surface area contributed by atoms with Crippen LogP contribution in [0.1, 0.15) is 51.1 Å². The minimum Gasteiger partial charge on any atom is -0.353 e. The minimum atomic E-state index is -0.311. The maximum Gasteiger partial charge on any atom is 0.240 e. The van der Waals surface area contributed by atoms with E-state index in [1.807, 2.05) is 24.3 Å². The molecule has 1 aromatic rings. The normalized spacial score (nSPS) is 22.7. The van der Waals surface area contributed by atoms with E-state index in [-0.39, 0.29) is 42.1 Å². The van der Waals surface area contributed by atoms with Crippen molar-refractivity contribution in [3.8, 4) is 0 Å². The summed E-state index contributed by atoms with van der Waals surface area (Å²) in [5.74, 6) is -1.12. The highest BCUT2D eigenvalue weighted by molar-refractivity contribution is 6.31. The summed E-state index contributed by atoms with van der Waals surface area (Å²) >= 11 is 6.40. The molecule has 158 valence electrons. The first-order valence-corrected chi connectivity index (χ1v) is 11.0. The number of hydrogen-bond donors (Lipinski definition) is 1. The number of rotatable bonds is 8. The molecule has 29 heavy (non-hydrogen) atoms. The van der Waals surface area contributed by atoms with E-state index in [0.717, 1.165) is 49.2 Å². The van der Waals surface area contributed by atoms with Crippen molar-refractivity contribution in [3.05, 3.63) is 34.9 Å². The van der Waals surface area contributed by atoms with Gasteiger partial charge in [0.15, 0.2) is 0 Å². The van der Waals surface area contributed by atoms with Crippen LogP contribution < -0.4 is 5.32 Å². The molecule has 3 unspecified atom stereocenters. The molecule has 3 atom stereocenters. The molecule has 1 aliphatic carbocycles. The molecule has 3 amide bonds. The van der Waals surface area contributed by atoms with Gasteiger partial charge in [-0.3, -0.25) is 24.2 Å². The Kier molecular flexibility index (Phi) is 7.30. The van der Waals surface area contributed by atoms with Crippen molar-refractivity contribution < 1.29 is 14.4 Å². The van der Waals surface area contributed by atoms with Crippen molar-refractivity contribution in [2.45, 2.75) is 45.6 Å². The summed E-state index contributed by atoms with van der Waals surface area (Å²) < 4.78 is 0. The monoisotopic (exact) mass is 419 g/mol. The molecule has 6 nitrogen and oxygen atoms in total. The number of imide groups is 1. The number of halogens is 1. The first-order chi connectivity index (χ1) is 14.0. The van der Waals surface area contributed by atoms with Crippen molar-refractivity contribution in [1.82, 2.24) is 15.1 Å². The molecule has 0 radical (unpaired) electrons. The fraction of sp³-hybridized carbons (Fsp3) is 0.591. The van der Waals surface area contributed by atoms with E-state index in [0.29, 0.717) is 11.6 Å². The quantitative estimate of drug-likeness (QED) is 0.657. The van der Waals surface area contributed by atoms with E-state index in [2.05, 4.69) is 24.1 Å².